The van der Waals surface area contributed by atoms with Crippen LogP contribution in [0.4, 0.5) is 11.4 Å². The zero-order valence-electron chi connectivity index (χ0n) is 18.2. The van der Waals surface area contributed by atoms with Gasteiger partial charge >= 0.3 is 0 Å². The molecule has 6 heteroatoms. The van der Waals surface area contributed by atoms with Crippen molar-refractivity contribution >= 4 is 28.3 Å². The Morgan fingerprint density at radius 2 is 1.69 bits per heavy atom. The molecule has 1 saturated heterocycles. The van der Waals surface area contributed by atoms with Crippen molar-refractivity contribution in [2.45, 2.75) is 26.3 Å². The van der Waals surface area contributed by atoms with Crippen molar-refractivity contribution in [3.05, 3.63) is 83.9 Å². The molecule has 6 nitrogen and oxygen atoms in total. The Balaban J connectivity index is 1.21. The van der Waals surface area contributed by atoms with Crippen molar-refractivity contribution in [3.8, 4) is 0 Å². The first-order chi connectivity index (χ1) is 15.7. The number of fused-ring (bicyclic) bond motifs is 1. The summed E-state index contributed by atoms with van der Waals surface area (Å²) in [7, 11) is 0. The van der Waals surface area contributed by atoms with Crippen molar-refractivity contribution in [1.82, 2.24) is 15.0 Å². The van der Waals surface area contributed by atoms with E-state index >= 15 is 0 Å². The molecule has 1 amide bonds. The molecule has 1 aliphatic rings. The van der Waals surface area contributed by atoms with Crippen LogP contribution >= 0.6 is 0 Å². The lowest BCUT2D eigenvalue weighted by atomic mass is 9.99. The molecule has 1 N–H and O–H groups in total. The lowest BCUT2D eigenvalue weighted by Crippen LogP contribution is -2.32. The monoisotopic (exact) mass is 425 g/mol. The van der Waals surface area contributed by atoms with E-state index < -0.39 is 0 Å². The fourth-order valence-electron chi connectivity index (χ4n) is 4.19. The minimum Gasteiger partial charge on any atom is -0.372 e. The van der Waals surface area contributed by atoms with Crippen LogP contribution in [0.25, 0.3) is 11.0 Å². The SMILES string of the molecule is CC1CCN(c2ccc(NC(=O)c3ccc(Cn4nnc5ccccc54)cc3)cc2)CC1. The van der Waals surface area contributed by atoms with E-state index in [1.165, 1.54) is 18.5 Å². The van der Waals surface area contributed by atoms with Crippen LogP contribution in [0.1, 0.15) is 35.7 Å². The van der Waals surface area contributed by atoms with Crippen LogP contribution in [-0.2, 0) is 6.54 Å². The number of rotatable bonds is 5. The second-order valence-electron chi connectivity index (χ2n) is 8.60. The number of amides is 1. The summed E-state index contributed by atoms with van der Waals surface area (Å²) in [6, 6.07) is 23.7. The molecule has 0 bridgehead atoms. The minimum atomic E-state index is -0.109. The summed E-state index contributed by atoms with van der Waals surface area (Å²) in [5, 5.41) is 11.4. The van der Waals surface area contributed by atoms with E-state index in [2.05, 4.69) is 39.6 Å². The number of carbonyl (C=O) groups excluding carboxylic acids is 1. The van der Waals surface area contributed by atoms with Gasteiger partial charge in [-0.2, -0.15) is 0 Å². The summed E-state index contributed by atoms with van der Waals surface area (Å²) in [4.78, 5) is 15.1. The van der Waals surface area contributed by atoms with E-state index in [9.17, 15) is 4.79 Å². The van der Waals surface area contributed by atoms with E-state index in [4.69, 9.17) is 0 Å². The number of benzene rings is 3. The molecular formula is C26H27N5O. The first kappa shape index (κ1) is 20.2. The molecule has 4 aromatic rings. The quantitative estimate of drug-likeness (QED) is 0.490. The molecule has 2 heterocycles. The Morgan fingerprint density at radius 3 is 2.44 bits per heavy atom. The highest BCUT2D eigenvalue weighted by Crippen LogP contribution is 2.24. The van der Waals surface area contributed by atoms with Gasteiger partial charge in [0.05, 0.1) is 12.1 Å². The van der Waals surface area contributed by atoms with Gasteiger partial charge < -0.3 is 10.2 Å². The Morgan fingerprint density at radius 1 is 0.969 bits per heavy atom. The molecule has 0 spiro atoms. The Labute approximate surface area is 187 Å². The Bertz CT molecular complexity index is 1210. The number of para-hydroxylation sites is 1. The third-order valence-corrected chi connectivity index (χ3v) is 6.24. The molecule has 0 aliphatic carbocycles. The number of nitrogens with zero attached hydrogens (tertiary/aromatic N) is 4. The number of carbonyl (C=O) groups is 1. The number of hydrogen-bond acceptors (Lipinski definition) is 4. The van der Waals surface area contributed by atoms with Crippen LogP contribution in [0.3, 0.4) is 0 Å². The smallest absolute Gasteiger partial charge is 0.255 e. The standard InChI is InChI=1S/C26H27N5O/c1-19-14-16-30(17-15-19)23-12-10-22(11-13-23)27-26(32)21-8-6-20(7-9-21)18-31-25-5-3-2-4-24(25)28-29-31/h2-13,19H,14-18H2,1H3,(H,27,32). The van der Waals surface area contributed by atoms with Gasteiger partial charge in [0.1, 0.15) is 5.52 Å². The summed E-state index contributed by atoms with van der Waals surface area (Å²) in [6.45, 7) is 5.13. The predicted molar refractivity (Wildman–Crippen MR) is 128 cm³/mol. The summed E-state index contributed by atoms with van der Waals surface area (Å²) < 4.78 is 1.87. The molecule has 5 rings (SSSR count). The van der Waals surface area contributed by atoms with Gasteiger partial charge in [-0.05, 0) is 72.9 Å². The number of aromatic nitrogens is 3. The maximum atomic E-state index is 12.7. The second-order valence-corrected chi connectivity index (χ2v) is 8.60. The summed E-state index contributed by atoms with van der Waals surface area (Å²) in [5.41, 5.74) is 5.60. The lowest BCUT2D eigenvalue weighted by molar-refractivity contribution is 0.102. The van der Waals surface area contributed by atoms with Gasteiger partial charge in [-0.1, -0.05) is 36.4 Å². The lowest BCUT2D eigenvalue weighted by Gasteiger charge is -2.32. The summed E-state index contributed by atoms with van der Waals surface area (Å²) >= 11 is 0. The Hall–Kier alpha value is -3.67. The minimum absolute atomic E-state index is 0.109. The fourth-order valence-corrected chi connectivity index (χ4v) is 4.19. The van der Waals surface area contributed by atoms with Crippen molar-refractivity contribution in [2.75, 3.05) is 23.3 Å². The van der Waals surface area contributed by atoms with Gasteiger partial charge in [0.2, 0.25) is 0 Å². The molecule has 1 fully saturated rings. The number of hydrogen-bond donors (Lipinski definition) is 1. The molecule has 0 atom stereocenters. The maximum absolute atomic E-state index is 12.7. The van der Waals surface area contributed by atoms with Gasteiger partial charge in [-0.3, -0.25) is 4.79 Å². The number of nitrogens with one attached hydrogen (secondary N) is 1. The first-order valence-electron chi connectivity index (χ1n) is 11.2. The van der Waals surface area contributed by atoms with Crippen LogP contribution in [0.15, 0.2) is 72.8 Å². The van der Waals surface area contributed by atoms with E-state index in [-0.39, 0.29) is 5.91 Å². The summed E-state index contributed by atoms with van der Waals surface area (Å²) in [5.74, 6) is 0.703. The number of piperidine rings is 1. The van der Waals surface area contributed by atoms with Crippen molar-refractivity contribution in [2.24, 2.45) is 5.92 Å². The van der Waals surface area contributed by atoms with Crippen molar-refractivity contribution in [3.63, 3.8) is 0 Å². The first-order valence-corrected chi connectivity index (χ1v) is 11.2. The molecule has 32 heavy (non-hydrogen) atoms. The maximum Gasteiger partial charge on any atom is 0.255 e. The zero-order valence-corrected chi connectivity index (χ0v) is 18.2. The van der Waals surface area contributed by atoms with Crippen LogP contribution in [0, 0.1) is 5.92 Å². The third-order valence-electron chi connectivity index (χ3n) is 6.24. The predicted octanol–water partition coefficient (Wildman–Crippen LogP) is 4.97. The summed E-state index contributed by atoms with van der Waals surface area (Å²) in [6.07, 6.45) is 2.48. The van der Waals surface area contributed by atoms with Crippen LogP contribution in [0.5, 0.6) is 0 Å². The van der Waals surface area contributed by atoms with E-state index in [1.54, 1.807) is 0 Å². The molecule has 0 saturated carbocycles. The average molecular weight is 426 g/mol. The highest BCUT2D eigenvalue weighted by Gasteiger charge is 2.16. The highest BCUT2D eigenvalue weighted by atomic mass is 16.1. The molecule has 3 aromatic carbocycles. The topological polar surface area (TPSA) is 63.1 Å². The Kier molecular flexibility index (Phi) is 5.58. The van der Waals surface area contributed by atoms with Gasteiger partial charge in [-0.25, -0.2) is 4.68 Å². The highest BCUT2D eigenvalue weighted by molar-refractivity contribution is 6.04. The zero-order chi connectivity index (χ0) is 21.9. The number of anilines is 2. The largest absolute Gasteiger partial charge is 0.372 e. The van der Waals surface area contributed by atoms with Crippen LogP contribution in [-0.4, -0.2) is 34.0 Å². The van der Waals surface area contributed by atoms with Crippen molar-refractivity contribution in [1.29, 1.82) is 0 Å². The fraction of sp³-hybridized carbons (Fsp3) is 0.269. The van der Waals surface area contributed by atoms with Gasteiger partial charge in [0, 0.05) is 30.0 Å². The van der Waals surface area contributed by atoms with Gasteiger partial charge in [0.25, 0.3) is 5.91 Å². The van der Waals surface area contributed by atoms with Crippen molar-refractivity contribution < 1.29 is 4.79 Å². The normalized spacial score (nSPS) is 14.6. The van der Waals surface area contributed by atoms with E-state index in [0.717, 1.165) is 41.3 Å². The molecule has 0 radical (unpaired) electrons. The molecular weight excluding hydrogens is 398 g/mol. The molecule has 1 aromatic heterocycles. The molecule has 162 valence electrons. The third kappa shape index (κ3) is 4.35. The van der Waals surface area contributed by atoms with Gasteiger partial charge in [0.15, 0.2) is 0 Å². The van der Waals surface area contributed by atoms with Crippen LogP contribution < -0.4 is 10.2 Å². The average Bonchev–Trinajstić information content (AvgIpc) is 3.23. The van der Waals surface area contributed by atoms with Crippen LogP contribution in [0.2, 0.25) is 0 Å². The van der Waals surface area contributed by atoms with E-state index in [1.807, 2.05) is 65.3 Å². The van der Waals surface area contributed by atoms with Gasteiger partial charge in [-0.15, -0.1) is 5.10 Å². The molecule has 0 unspecified atom stereocenters. The molecule has 1 aliphatic heterocycles. The van der Waals surface area contributed by atoms with E-state index in [0.29, 0.717) is 12.1 Å². The second kappa shape index (κ2) is 8.83.